The first-order valence-electron chi connectivity index (χ1n) is 7.57. The Hall–Kier alpha value is -2.15. The van der Waals surface area contributed by atoms with Crippen LogP contribution in [0.15, 0.2) is 42.5 Å². The van der Waals surface area contributed by atoms with E-state index < -0.39 is 6.23 Å². The van der Waals surface area contributed by atoms with Gasteiger partial charge in [0.25, 0.3) is 5.91 Å². The molecule has 0 aliphatic rings. The summed E-state index contributed by atoms with van der Waals surface area (Å²) in [7, 11) is 0. The fraction of sp³-hybridized carbons (Fsp3) is 0.235. The van der Waals surface area contributed by atoms with Gasteiger partial charge in [-0.25, -0.2) is 5.43 Å². The van der Waals surface area contributed by atoms with Gasteiger partial charge < -0.3 is 10.1 Å². The Morgan fingerprint density at radius 3 is 2.78 bits per heavy atom. The molecule has 0 saturated carbocycles. The lowest BCUT2D eigenvalue weighted by Crippen LogP contribution is -2.40. The number of rotatable bonds is 6. The average Bonchev–Trinajstić information content (AvgIpc) is 3.12. The van der Waals surface area contributed by atoms with E-state index >= 15 is 0 Å². The van der Waals surface area contributed by atoms with Crippen molar-refractivity contribution >= 4 is 27.5 Å². The maximum Gasteiger partial charge on any atom is 0.281 e. The van der Waals surface area contributed by atoms with Gasteiger partial charge >= 0.3 is 0 Å². The van der Waals surface area contributed by atoms with E-state index in [9.17, 15) is 9.90 Å². The lowest BCUT2D eigenvalue weighted by molar-refractivity contribution is 0.0800. The highest BCUT2D eigenvalue weighted by atomic mass is 32.1. The number of amides is 1. The number of carbonyl (C=O) groups excluding carboxylic acids is 1. The molecule has 4 N–H and O–H groups in total. The zero-order valence-corrected chi connectivity index (χ0v) is 13.6. The van der Waals surface area contributed by atoms with Crippen molar-refractivity contribution in [3.05, 3.63) is 58.6 Å². The van der Waals surface area contributed by atoms with Crippen molar-refractivity contribution in [2.24, 2.45) is 0 Å². The van der Waals surface area contributed by atoms with Gasteiger partial charge in [-0.1, -0.05) is 43.7 Å². The molecule has 3 aromatic rings. The summed E-state index contributed by atoms with van der Waals surface area (Å²) in [5.74, 6) is -0.305. The van der Waals surface area contributed by atoms with Crippen LogP contribution in [0.2, 0.25) is 0 Å². The van der Waals surface area contributed by atoms with Crippen LogP contribution in [0, 0.1) is 0 Å². The smallest absolute Gasteiger partial charge is 0.281 e. The average molecular weight is 329 g/mol. The number of hydrogen-bond acceptors (Lipinski definition) is 4. The number of hydrogen-bond donors (Lipinski definition) is 4. The van der Waals surface area contributed by atoms with Crippen LogP contribution < -0.4 is 10.9 Å². The molecular formula is C17H19N3O2S. The van der Waals surface area contributed by atoms with Gasteiger partial charge in [0.1, 0.15) is 11.9 Å². The SMILES string of the molecule is CCCc1cc2[nH]c(C(=O)NNC(O)c3ccccc3)cc2s1. The number of H-pyrrole nitrogens is 1. The van der Waals surface area contributed by atoms with Gasteiger partial charge in [-0.05, 0) is 24.1 Å². The first-order chi connectivity index (χ1) is 11.2. The van der Waals surface area contributed by atoms with Crippen molar-refractivity contribution in [2.75, 3.05) is 0 Å². The van der Waals surface area contributed by atoms with Crippen LogP contribution in [-0.2, 0) is 6.42 Å². The molecule has 1 atom stereocenters. The summed E-state index contributed by atoms with van der Waals surface area (Å²) in [5.41, 5.74) is 7.26. The van der Waals surface area contributed by atoms with Crippen LogP contribution in [0.3, 0.4) is 0 Å². The van der Waals surface area contributed by atoms with Gasteiger partial charge in [-0.3, -0.25) is 10.2 Å². The topological polar surface area (TPSA) is 77.2 Å². The lowest BCUT2D eigenvalue weighted by atomic mass is 10.2. The number of thiophene rings is 1. The monoisotopic (exact) mass is 329 g/mol. The van der Waals surface area contributed by atoms with Crippen molar-refractivity contribution < 1.29 is 9.90 Å². The summed E-state index contributed by atoms with van der Waals surface area (Å²) >= 11 is 1.70. The second-order valence-corrected chi connectivity index (χ2v) is 6.50. The molecular weight excluding hydrogens is 310 g/mol. The molecule has 0 bridgehead atoms. The normalized spacial score (nSPS) is 12.4. The van der Waals surface area contributed by atoms with Crippen LogP contribution in [0.5, 0.6) is 0 Å². The number of aliphatic hydroxyl groups is 1. The van der Waals surface area contributed by atoms with Crippen molar-refractivity contribution in [2.45, 2.75) is 26.0 Å². The zero-order valence-electron chi connectivity index (χ0n) is 12.8. The van der Waals surface area contributed by atoms with Gasteiger partial charge in [0.15, 0.2) is 0 Å². The zero-order chi connectivity index (χ0) is 16.2. The van der Waals surface area contributed by atoms with E-state index in [0.717, 1.165) is 23.1 Å². The van der Waals surface area contributed by atoms with Crippen LogP contribution in [0.4, 0.5) is 0 Å². The Balaban J connectivity index is 1.63. The molecule has 2 heterocycles. The summed E-state index contributed by atoms with van der Waals surface area (Å²) in [4.78, 5) is 16.6. The van der Waals surface area contributed by atoms with E-state index in [2.05, 4.69) is 28.8 Å². The molecule has 3 rings (SSSR count). The van der Waals surface area contributed by atoms with Crippen LogP contribution in [-0.4, -0.2) is 16.0 Å². The van der Waals surface area contributed by atoms with E-state index in [4.69, 9.17) is 0 Å². The molecule has 0 radical (unpaired) electrons. The van der Waals surface area contributed by atoms with Gasteiger partial charge in [-0.2, -0.15) is 0 Å². The van der Waals surface area contributed by atoms with E-state index in [0.29, 0.717) is 11.3 Å². The molecule has 0 saturated heterocycles. The summed E-state index contributed by atoms with van der Waals surface area (Å²) in [6.45, 7) is 2.15. The predicted molar refractivity (Wildman–Crippen MR) is 92.2 cm³/mol. The highest BCUT2D eigenvalue weighted by Crippen LogP contribution is 2.27. The highest BCUT2D eigenvalue weighted by Gasteiger charge is 2.13. The molecule has 0 aliphatic heterocycles. The van der Waals surface area contributed by atoms with Gasteiger partial charge in [0.2, 0.25) is 0 Å². The van der Waals surface area contributed by atoms with Crippen molar-refractivity contribution in [3.8, 4) is 0 Å². The molecule has 6 heteroatoms. The van der Waals surface area contributed by atoms with E-state index in [-0.39, 0.29) is 5.91 Å². The Labute approximate surface area is 138 Å². The van der Waals surface area contributed by atoms with Crippen molar-refractivity contribution in [1.82, 2.24) is 15.8 Å². The molecule has 0 aliphatic carbocycles. The van der Waals surface area contributed by atoms with Crippen molar-refractivity contribution in [3.63, 3.8) is 0 Å². The maximum atomic E-state index is 12.1. The first-order valence-corrected chi connectivity index (χ1v) is 8.39. The van der Waals surface area contributed by atoms with Gasteiger partial charge in [-0.15, -0.1) is 11.3 Å². The van der Waals surface area contributed by atoms with Crippen LogP contribution in [0.1, 0.15) is 40.5 Å². The number of nitrogens with one attached hydrogen (secondary N) is 3. The molecule has 23 heavy (non-hydrogen) atoms. The van der Waals surface area contributed by atoms with Gasteiger partial charge in [0.05, 0.1) is 10.2 Å². The van der Waals surface area contributed by atoms with Crippen LogP contribution in [0.25, 0.3) is 10.2 Å². The third-order valence-corrected chi connectivity index (χ3v) is 4.68. The number of aromatic amines is 1. The second kappa shape index (κ2) is 6.95. The van der Waals surface area contributed by atoms with E-state index in [1.807, 2.05) is 24.3 Å². The number of carbonyl (C=O) groups is 1. The Kier molecular flexibility index (Phi) is 4.76. The number of benzene rings is 1. The molecule has 1 amide bonds. The number of fused-ring (bicyclic) bond motifs is 1. The molecule has 1 aromatic carbocycles. The quantitative estimate of drug-likeness (QED) is 0.414. The standard InChI is InChI=1S/C17H19N3O2S/c1-2-6-12-9-13-15(23-12)10-14(18-13)17(22)20-19-16(21)11-7-4-3-5-8-11/h3-5,7-10,16,18-19,21H,2,6H2,1H3,(H,20,22). The largest absolute Gasteiger partial charge is 0.373 e. The predicted octanol–water partition coefficient (Wildman–Crippen LogP) is 3.11. The highest BCUT2D eigenvalue weighted by molar-refractivity contribution is 7.19. The Bertz CT molecular complexity index is 763. The fourth-order valence-corrected chi connectivity index (χ4v) is 3.55. The Morgan fingerprint density at radius 1 is 1.30 bits per heavy atom. The molecule has 0 spiro atoms. The molecule has 0 fully saturated rings. The first kappa shape index (κ1) is 15.7. The van der Waals surface area contributed by atoms with E-state index in [1.165, 1.54) is 4.88 Å². The second-order valence-electron chi connectivity index (χ2n) is 5.34. The number of hydrazine groups is 1. The third kappa shape index (κ3) is 3.61. The molecule has 120 valence electrons. The number of aryl methyl sites for hydroxylation is 1. The third-order valence-electron chi connectivity index (χ3n) is 3.54. The minimum atomic E-state index is -0.951. The summed E-state index contributed by atoms with van der Waals surface area (Å²) in [5, 5.41) is 9.98. The summed E-state index contributed by atoms with van der Waals surface area (Å²) < 4.78 is 1.07. The molecule has 2 aromatic heterocycles. The fourth-order valence-electron chi connectivity index (χ4n) is 2.39. The lowest BCUT2D eigenvalue weighted by Gasteiger charge is -2.13. The summed E-state index contributed by atoms with van der Waals surface area (Å²) in [6.07, 6.45) is 1.21. The minimum absolute atomic E-state index is 0.305. The molecule has 5 nitrogen and oxygen atoms in total. The van der Waals surface area contributed by atoms with Gasteiger partial charge in [0, 0.05) is 4.88 Å². The number of aromatic nitrogens is 1. The van der Waals surface area contributed by atoms with Crippen molar-refractivity contribution in [1.29, 1.82) is 0 Å². The number of aliphatic hydroxyl groups excluding tert-OH is 1. The van der Waals surface area contributed by atoms with E-state index in [1.54, 1.807) is 23.5 Å². The summed E-state index contributed by atoms with van der Waals surface area (Å²) in [6, 6.07) is 13.0. The Morgan fingerprint density at radius 2 is 2.09 bits per heavy atom. The maximum absolute atomic E-state index is 12.1. The van der Waals surface area contributed by atoms with Crippen LogP contribution >= 0.6 is 11.3 Å². The molecule has 1 unspecified atom stereocenters. The minimum Gasteiger partial charge on any atom is -0.373 e.